The summed E-state index contributed by atoms with van der Waals surface area (Å²) < 4.78 is 16.6. The van der Waals surface area contributed by atoms with Crippen LogP contribution in [0.5, 0.6) is 5.75 Å². The maximum absolute atomic E-state index is 12.7. The average Bonchev–Trinajstić information content (AvgIpc) is 3.16. The van der Waals surface area contributed by atoms with E-state index in [9.17, 15) is 4.79 Å². The van der Waals surface area contributed by atoms with Gasteiger partial charge < -0.3 is 19.2 Å². The lowest BCUT2D eigenvalue weighted by molar-refractivity contribution is 0.00185. The van der Waals surface area contributed by atoms with Gasteiger partial charge >= 0.3 is 0 Å². The van der Waals surface area contributed by atoms with Crippen LogP contribution >= 0.6 is 0 Å². The molecular formula is C21H30N2O4. The van der Waals surface area contributed by atoms with Crippen molar-refractivity contribution in [1.29, 1.82) is 0 Å². The Bertz CT molecular complexity index is 748. The largest absolute Gasteiger partial charge is 0.493 e. The maximum atomic E-state index is 12.7. The van der Waals surface area contributed by atoms with Crippen LogP contribution in [0.25, 0.3) is 11.0 Å². The van der Waals surface area contributed by atoms with Crippen LogP contribution in [-0.2, 0) is 4.74 Å². The highest BCUT2D eigenvalue weighted by Crippen LogP contribution is 2.28. The van der Waals surface area contributed by atoms with Crippen molar-refractivity contribution < 1.29 is 18.7 Å². The van der Waals surface area contributed by atoms with Gasteiger partial charge in [0.15, 0.2) is 17.1 Å². The molecule has 0 saturated carbocycles. The van der Waals surface area contributed by atoms with Gasteiger partial charge in [-0.1, -0.05) is 38.8 Å². The van der Waals surface area contributed by atoms with Gasteiger partial charge in [-0.2, -0.15) is 0 Å². The highest BCUT2D eigenvalue weighted by Gasteiger charge is 2.27. The van der Waals surface area contributed by atoms with Crippen LogP contribution < -0.4 is 10.1 Å². The standard InChI is InChI=1S/C21H30N2O4/c1-4-15(5-2)17(23-9-11-26-12-10-23)14-22-21(24)19-13-16-7-6-8-18(25-3)20(16)27-19/h6-8,13,15,17H,4-5,9-12,14H2,1-3H3,(H,22,24). The van der Waals surface area contributed by atoms with Crippen LogP contribution in [-0.4, -0.2) is 56.8 Å². The Morgan fingerprint density at radius 1 is 1.26 bits per heavy atom. The van der Waals surface area contributed by atoms with Crippen LogP contribution in [0.15, 0.2) is 28.7 Å². The number of ether oxygens (including phenoxy) is 2. The summed E-state index contributed by atoms with van der Waals surface area (Å²) in [5.41, 5.74) is 0.606. The molecule has 1 aliphatic heterocycles. The van der Waals surface area contributed by atoms with Crippen molar-refractivity contribution in [2.24, 2.45) is 5.92 Å². The van der Waals surface area contributed by atoms with E-state index in [-0.39, 0.29) is 5.91 Å². The summed E-state index contributed by atoms with van der Waals surface area (Å²) in [6.45, 7) is 8.39. The first-order valence-corrected chi connectivity index (χ1v) is 9.84. The van der Waals surface area contributed by atoms with Gasteiger partial charge in [0.1, 0.15) is 0 Å². The third kappa shape index (κ3) is 4.45. The molecule has 0 bridgehead atoms. The number of carbonyl (C=O) groups excluding carboxylic acids is 1. The van der Waals surface area contributed by atoms with E-state index in [1.54, 1.807) is 13.2 Å². The van der Waals surface area contributed by atoms with Crippen molar-refractivity contribution in [3.05, 3.63) is 30.0 Å². The minimum Gasteiger partial charge on any atom is -0.493 e. The van der Waals surface area contributed by atoms with Crippen LogP contribution in [0.2, 0.25) is 0 Å². The Morgan fingerprint density at radius 2 is 2.00 bits per heavy atom. The van der Waals surface area contributed by atoms with Crippen molar-refractivity contribution in [2.75, 3.05) is 40.0 Å². The molecule has 1 aromatic heterocycles. The zero-order chi connectivity index (χ0) is 19.2. The third-order valence-electron chi connectivity index (χ3n) is 5.53. The molecule has 0 radical (unpaired) electrons. The summed E-state index contributed by atoms with van der Waals surface area (Å²) in [6, 6.07) is 7.72. The summed E-state index contributed by atoms with van der Waals surface area (Å²) in [6.07, 6.45) is 2.19. The van der Waals surface area contributed by atoms with Gasteiger partial charge in [0.2, 0.25) is 0 Å². The van der Waals surface area contributed by atoms with Gasteiger partial charge in [-0.25, -0.2) is 0 Å². The number of furan rings is 1. The van der Waals surface area contributed by atoms with E-state index < -0.39 is 0 Å². The van der Waals surface area contributed by atoms with Gasteiger partial charge in [-0.15, -0.1) is 0 Å². The molecule has 6 heteroatoms. The number of para-hydroxylation sites is 1. The van der Waals surface area contributed by atoms with E-state index in [2.05, 4.69) is 24.1 Å². The third-order valence-corrected chi connectivity index (χ3v) is 5.53. The Balaban J connectivity index is 1.71. The lowest BCUT2D eigenvalue weighted by Crippen LogP contribution is -2.52. The van der Waals surface area contributed by atoms with Crippen LogP contribution in [0.1, 0.15) is 37.2 Å². The van der Waals surface area contributed by atoms with Crippen LogP contribution in [0.3, 0.4) is 0 Å². The SMILES string of the molecule is CCC(CC)C(CNC(=O)c1cc2cccc(OC)c2o1)N1CCOCC1. The molecule has 1 aliphatic rings. The van der Waals surface area contributed by atoms with Crippen LogP contribution in [0.4, 0.5) is 0 Å². The monoisotopic (exact) mass is 374 g/mol. The first-order valence-electron chi connectivity index (χ1n) is 9.84. The van der Waals surface area contributed by atoms with Gasteiger partial charge in [-0.3, -0.25) is 9.69 Å². The number of nitrogens with one attached hydrogen (secondary N) is 1. The molecule has 1 aromatic carbocycles. The average molecular weight is 374 g/mol. The predicted octanol–water partition coefficient (Wildman–Crippen LogP) is 3.31. The molecule has 6 nitrogen and oxygen atoms in total. The minimum atomic E-state index is -0.183. The van der Waals surface area contributed by atoms with Gasteiger partial charge in [0.05, 0.1) is 20.3 Å². The summed E-state index contributed by atoms with van der Waals surface area (Å²) in [5, 5.41) is 3.95. The fraction of sp³-hybridized carbons (Fsp3) is 0.571. The molecule has 0 aliphatic carbocycles. The number of hydrogen-bond donors (Lipinski definition) is 1. The first-order chi connectivity index (χ1) is 13.2. The highest BCUT2D eigenvalue weighted by molar-refractivity contribution is 5.97. The number of rotatable bonds is 8. The number of morpholine rings is 1. The highest BCUT2D eigenvalue weighted by atomic mass is 16.5. The van der Waals surface area contributed by atoms with E-state index in [4.69, 9.17) is 13.9 Å². The van der Waals surface area contributed by atoms with E-state index in [1.807, 2.05) is 18.2 Å². The molecule has 1 unspecified atom stereocenters. The van der Waals surface area contributed by atoms with E-state index in [0.29, 0.717) is 35.6 Å². The number of carbonyl (C=O) groups is 1. The van der Waals surface area contributed by atoms with Crippen molar-refractivity contribution in [1.82, 2.24) is 10.2 Å². The summed E-state index contributed by atoms with van der Waals surface area (Å²) in [7, 11) is 1.60. The summed E-state index contributed by atoms with van der Waals surface area (Å²) >= 11 is 0. The van der Waals surface area contributed by atoms with Gasteiger partial charge in [0, 0.05) is 31.1 Å². The second kappa shape index (κ2) is 9.24. The van der Waals surface area contributed by atoms with Gasteiger partial charge in [0.25, 0.3) is 5.91 Å². The Hall–Kier alpha value is -2.05. The Labute approximate surface area is 160 Å². The number of amides is 1. The Kier molecular flexibility index (Phi) is 6.74. The zero-order valence-electron chi connectivity index (χ0n) is 16.5. The van der Waals surface area contributed by atoms with Crippen LogP contribution in [0, 0.1) is 5.92 Å². The summed E-state index contributed by atoms with van der Waals surface area (Å²) in [5.74, 6) is 1.31. The van der Waals surface area contributed by atoms with Gasteiger partial charge in [-0.05, 0) is 18.1 Å². The molecule has 1 atom stereocenters. The second-order valence-electron chi connectivity index (χ2n) is 6.99. The first kappa shape index (κ1) is 19.7. The molecule has 0 spiro atoms. The predicted molar refractivity (Wildman–Crippen MR) is 105 cm³/mol. The molecule has 27 heavy (non-hydrogen) atoms. The minimum absolute atomic E-state index is 0.183. The van der Waals surface area contributed by atoms with Crippen molar-refractivity contribution in [3.63, 3.8) is 0 Å². The fourth-order valence-corrected chi connectivity index (χ4v) is 3.93. The molecule has 2 aromatic rings. The molecule has 3 rings (SSSR count). The molecular weight excluding hydrogens is 344 g/mol. The smallest absolute Gasteiger partial charge is 0.287 e. The van der Waals surface area contributed by atoms with E-state index in [0.717, 1.165) is 44.5 Å². The van der Waals surface area contributed by atoms with E-state index in [1.165, 1.54) is 0 Å². The molecule has 2 heterocycles. The van der Waals surface area contributed by atoms with E-state index >= 15 is 0 Å². The number of hydrogen-bond acceptors (Lipinski definition) is 5. The molecule has 1 N–H and O–H groups in total. The molecule has 148 valence electrons. The normalized spacial score (nSPS) is 16.6. The quantitative estimate of drug-likeness (QED) is 0.768. The number of benzene rings is 1. The second-order valence-corrected chi connectivity index (χ2v) is 6.99. The lowest BCUT2D eigenvalue weighted by atomic mass is 9.92. The Morgan fingerprint density at radius 3 is 2.67 bits per heavy atom. The fourth-order valence-electron chi connectivity index (χ4n) is 3.93. The van der Waals surface area contributed by atoms with Crippen molar-refractivity contribution in [3.8, 4) is 5.75 Å². The van der Waals surface area contributed by atoms with Crippen molar-refractivity contribution >= 4 is 16.9 Å². The topological polar surface area (TPSA) is 63.9 Å². The lowest BCUT2D eigenvalue weighted by Gasteiger charge is -2.38. The number of methoxy groups -OCH3 is 1. The number of nitrogens with zero attached hydrogens (tertiary/aromatic N) is 1. The molecule has 1 fully saturated rings. The zero-order valence-corrected chi connectivity index (χ0v) is 16.5. The summed E-state index contributed by atoms with van der Waals surface area (Å²) in [4.78, 5) is 15.2. The molecule has 1 amide bonds. The molecule has 1 saturated heterocycles. The number of fused-ring (bicyclic) bond motifs is 1. The maximum Gasteiger partial charge on any atom is 0.287 e. The van der Waals surface area contributed by atoms with Crippen molar-refractivity contribution in [2.45, 2.75) is 32.7 Å².